The first-order valence-corrected chi connectivity index (χ1v) is 11.1. The van der Waals surface area contributed by atoms with Gasteiger partial charge in [0.05, 0.1) is 6.54 Å². The highest BCUT2D eigenvalue weighted by atomic mass is 127. The van der Waals surface area contributed by atoms with Crippen molar-refractivity contribution < 1.29 is 9.52 Å². The summed E-state index contributed by atoms with van der Waals surface area (Å²) in [7, 11) is 1.94. The molecule has 3 rings (SSSR count). The van der Waals surface area contributed by atoms with E-state index in [9.17, 15) is 5.11 Å². The third-order valence-corrected chi connectivity index (χ3v) is 6.19. The molecule has 0 saturated carbocycles. The molecule has 9 nitrogen and oxygen atoms in total. The predicted molar refractivity (Wildman–Crippen MR) is 136 cm³/mol. The number of nitrogens with one attached hydrogen (secondary N) is 2. The van der Waals surface area contributed by atoms with Crippen molar-refractivity contribution in [2.75, 3.05) is 26.2 Å². The van der Waals surface area contributed by atoms with Crippen LogP contribution in [0.2, 0.25) is 0 Å². The lowest BCUT2D eigenvalue weighted by Crippen LogP contribution is -2.48. The van der Waals surface area contributed by atoms with Crippen LogP contribution in [0.25, 0.3) is 0 Å². The van der Waals surface area contributed by atoms with Crippen LogP contribution in [0.15, 0.2) is 15.5 Å². The van der Waals surface area contributed by atoms with Gasteiger partial charge in [0, 0.05) is 25.2 Å². The van der Waals surface area contributed by atoms with E-state index in [1.54, 1.807) is 6.92 Å². The number of aliphatic imine (C=N–C) groups is 1. The summed E-state index contributed by atoms with van der Waals surface area (Å²) in [5.41, 5.74) is -0.303. The molecule has 32 heavy (non-hydrogen) atoms. The van der Waals surface area contributed by atoms with Gasteiger partial charge in [-0.1, -0.05) is 6.92 Å². The fourth-order valence-corrected chi connectivity index (χ4v) is 4.19. The van der Waals surface area contributed by atoms with Crippen LogP contribution in [0.3, 0.4) is 0 Å². The van der Waals surface area contributed by atoms with E-state index in [-0.39, 0.29) is 24.0 Å². The van der Waals surface area contributed by atoms with Crippen molar-refractivity contribution in [2.24, 2.45) is 12.0 Å². The molecule has 1 saturated heterocycles. The molecule has 1 aliphatic heterocycles. The van der Waals surface area contributed by atoms with Gasteiger partial charge in [-0.15, -0.1) is 34.2 Å². The van der Waals surface area contributed by atoms with Gasteiger partial charge in [0.2, 0.25) is 0 Å². The van der Waals surface area contributed by atoms with Crippen LogP contribution in [0, 0.1) is 20.8 Å². The van der Waals surface area contributed by atoms with E-state index in [0.717, 1.165) is 48.4 Å². The van der Waals surface area contributed by atoms with E-state index in [4.69, 9.17) is 9.41 Å². The second kappa shape index (κ2) is 11.5. The molecule has 3 N–H and O–H groups in total. The number of aliphatic hydroxyl groups is 1. The molecule has 1 fully saturated rings. The highest BCUT2D eigenvalue weighted by Crippen LogP contribution is 2.26. The summed E-state index contributed by atoms with van der Waals surface area (Å²) in [5.74, 6) is 3.82. The zero-order chi connectivity index (χ0) is 22.6. The van der Waals surface area contributed by atoms with Crippen molar-refractivity contribution in [3.05, 3.63) is 34.8 Å². The summed E-state index contributed by atoms with van der Waals surface area (Å²) in [5, 5.41) is 26.2. The number of rotatable bonds is 8. The third-order valence-electron chi connectivity index (χ3n) is 6.19. The fourth-order valence-electron chi connectivity index (χ4n) is 4.19. The smallest absolute Gasteiger partial charge is 0.191 e. The number of halogens is 1. The van der Waals surface area contributed by atoms with E-state index >= 15 is 0 Å². The summed E-state index contributed by atoms with van der Waals surface area (Å²) in [6.45, 7) is 13.4. The van der Waals surface area contributed by atoms with E-state index in [1.807, 2.05) is 38.5 Å². The Balaban J connectivity index is 0.00000363. The van der Waals surface area contributed by atoms with Gasteiger partial charge in [0.25, 0.3) is 0 Å². The second-order valence-electron chi connectivity index (χ2n) is 8.65. The highest BCUT2D eigenvalue weighted by Gasteiger charge is 2.28. The molecule has 2 atom stereocenters. The second-order valence-corrected chi connectivity index (χ2v) is 8.65. The molecular formula is C22H38IN7O2. The van der Waals surface area contributed by atoms with Crippen LogP contribution in [0.1, 0.15) is 55.4 Å². The molecular weight excluding hydrogens is 521 g/mol. The number of hydrogen-bond acceptors (Lipinski definition) is 6. The number of aromatic nitrogens is 3. The summed E-state index contributed by atoms with van der Waals surface area (Å²) in [4.78, 5) is 7.21. The molecule has 2 aromatic rings. The molecule has 0 spiro atoms. The number of likely N-dealkylation sites (tertiary alicyclic amines) is 1. The zero-order valence-electron chi connectivity index (χ0n) is 20.1. The van der Waals surface area contributed by atoms with Crippen LogP contribution in [-0.2, 0) is 19.2 Å². The van der Waals surface area contributed by atoms with Gasteiger partial charge >= 0.3 is 0 Å². The van der Waals surface area contributed by atoms with Crippen molar-refractivity contribution in [2.45, 2.75) is 65.6 Å². The van der Waals surface area contributed by atoms with Crippen LogP contribution in [-0.4, -0.2) is 63.0 Å². The maximum Gasteiger partial charge on any atom is 0.191 e. The largest absolute Gasteiger partial charge is 0.466 e. The summed E-state index contributed by atoms with van der Waals surface area (Å²) in [6.07, 6.45) is 2.41. The van der Waals surface area contributed by atoms with Crippen molar-refractivity contribution in [1.29, 1.82) is 0 Å². The summed E-state index contributed by atoms with van der Waals surface area (Å²) >= 11 is 0. The van der Waals surface area contributed by atoms with Gasteiger partial charge < -0.3 is 24.7 Å². The van der Waals surface area contributed by atoms with Gasteiger partial charge in [-0.2, -0.15) is 0 Å². The van der Waals surface area contributed by atoms with Gasteiger partial charge in [-0.25, -0.2) is 4.99 Å². The highest BCUT2D eigenvalue weighted by molar-refractivity contribution is 14.0. The van der Waals surface area contributed by atoms with E-state index in [2.05, 4.69) is 32.7 Å². The lowest BCUT2D eigenvalue weighted by molar-refractivity contribution is 0.0601. The molecule has 3 heterocycles. The molecule has 0 bridgehead atoms. The normalized spacial score (nSPS) is 19.0. The molecule has 0 aromatic carbocycles. The standard InChI is InChI=1S/C22H37N7O2.HI/c1-7-29-10-8-9-18(29)12-23-21(24-13-20-27-26-17(4)28(20)6)25-14-22(5,30)19-11-15(2)31-16(19)3;/h11,18,30H,7-10,12-14H2,1-6H3,(H2,23,24,25);1H. The Morgan fingerprint density at radius 1 is 1.31 bits per heavy atom. The quantitative estimate of drug-likeness (QED) is 0.259. The monoisotopic (exact) mass is 559 g/mol. The molecule has 0 amide bonds. The Morgan fingerprint density at radius 3 is 2.66 bits per heavy atom. The molecule has 180 valence electrons. The Morgan fingerprint density at radius 2 is 2.06 bits per heavy atom. The van der Waals surface area contributed by atoms with Crippen molar-refractivity contribution in [3.8, 4) is 0 Å². The van der Waals surface area contributed by atoms with Crippen LogP contribution in [0.4, 0.5) is 0 Å². The first kappa shape index (κ1) is 26.6. The Kier molecular flexibility index (Phi) is 9.53. The van der Waals surface area contributed by atoms with Gasteiger partial charge in [-0.3, -0.25) is 4.90 Å². The molecule has 2 unspecified atom stereocenters. The Hall–Kier alpha value is -1.66. The minimum Gasteiger partial charge on any atom is -0.466 e. The topological polar surface area (TPSA) is 104 Å². The maximum atomic E-state index is 11.1. The number of aryl methyl sites for hydroxylation is 3. The number of hydrogen-bond donors (Lipinski definition) is 3. The average molecular weight is 559 g/mol. The van der Waals surface area contributed by atoms with Gasteiger partial charge in [-0.05, 0) is 59.7 Å². The van der Waals surface area contributed by atoms with Crippen molar-refractivity contribution in [3.63, 3.8) is 0 Å². The SMILES string of the molecule is CCN1CCCC1CNC(=NCc1nnc(C)n1C)NCC(C)(O)c1cc(C)oc1C.I. The van der Waals surface area contributed by atoms with Crippen LogP contribution < -0.4 is 10.6 Å². The van der Waals surface area contributed by atoms with Gasteiger partial charge in [0.1, 0.15) is 29.5 Å². The van der Waals surface area contributed by atoms with Crippen LogP contribution in [0.5, 0.6) is 0 Å². The average Bonchev–Trinajstić information content (AvgIpc) is 3.41. The lowest BCUT2D eigenvalue weighted by atomic mass is 9.96. The van der Waals surface area contributed by atoms with E-state index in [0.29, 0.717) is 25.1 Å². The van der Waals surface area contributed by atoms with Gasteiger partial charge in [0.15, 0.2) is 11.8 Å². The summed E-state index contributed by atoms with van der Waals surface area (Å²) < 4.78 is 7.55. The molecule has 10 heteroatoms. The predicted octanol–water partition coefficient (Wildman–Crippen LogP) is 2.38. The van der Waals surface area contributed by atoms with Crippen molar-refractivity contribution in [1.82, 2.24) is 30.3 Å². The fraction of sp³-hybridized carbons (Fsp3) is 0.682. The number of guanidine groups is 1. The van der Waals surface area contributed by atoms with Crippen LogP contribution >= 0.6 is 24.0 Å². The minimum absolute atomic E-state index is 0. The molecule has 0 radical (unpaired) electrons. The minimum atomic E-state index is -1.09. The molecule has 2 aromatic heterocycles. The number of likely N-dealkylation sites (N-methyl/N-ethyl adjacent to an activating group) is 1. The first-order valence-electron chi connectivity index (χ1n) is 11.1. The zero-order valence-corrected chi connectivity index (χ0v) is 22.4. The number of furan rings is 1. The first-order chi connectivity index (χ1) is 14.7. The molecule has 0 aliphatic carbocycles. The molecule has 1 aliphatic rings. The van der Waals surface area contributed by atoms with E-state index in [1.165, 1.54) is 12.8 Å². The van der Waals surface area contributed by atoms with E-state index < -0.39 is 5.60 Å². The summed E-state index contributed by atoms with van der Waals surface area (Å²) in [6, 6.07) is 2.38. The third kappa shape index (κ3) is 6.44. The maximum absolute atomic E-state index is 11.1. The Bertz CT molecular complexity index is 906. The Labute approximate surface area is 208 Å². The lowest BCUT2D eigenvalue weighted by Gasteiger charge is -2.27. The number of nitrogens with zero attached hydrogens (tertiary/aromatic N) is 5. The van der Waals surface area contributed by atoms with Crippen molar-refractivity contribution >= 4 is 29.9 Å².